The minimum absolute atomic E-state index is 0.272. The molecule has 90 valence electrons. The molecule has 0 spiro atoms. The number of hydrogen-bond donors (Lipinski definition) is 2. The van der Waals surface area contributed by atoms with Gasteiger partial charge >= 0.3 is 7.82 Å². The molecule has 0 bridgehead atoms. The fourth-order valence-corrected chi connectivity index (χ4v) is 3.01. The van der Waals surface area contributed by atoms with Crippen LogP contribution in [0.15, 0.2) is 0 Å². The first kappa shape index (κ1) is 13.2. The van der Waals surface area contributed by atoms with Crippen LogP contribution in [0.5, 0.6) is 0 Å². The van der Waals surface area contributed by atoms with Gasteiger partial charge in [0.25, 0.3) is 0 Å². The molecule has 3 atom stereocenters. The highest BCUT2D eigenvalue weighted by atomic mass is 31.2. The Morgan fingerprint density at radius 1 is 1.33 bits per heavy atom. The van der Waals surface area contributed by atoms with Gasteiger partial charge in [0.1, 0.15) is 0 Å². The lowest BCUT2D eigenvalue weighted by Gasteiger charge is -2.36. The third-order valence-corrected chi connectivity index (χ3v) is 3.78. The Kier molecular flexibility index (Phi) is 4.36. The first-order valence-electron chi connectivity index (χ1n) is 5.53. The molecule has 1 fully saturated rings. The predicted molar refractivity (Wildman–Crippen MR) is 58.3 cm³/mol. The lowest BCUT2D eigenvalue weighted by atomic mass is 9.75. The molecule has 0 amide bonds. The Morgan fingerprint density at radius 2 is 1.93 bits per heavy atom. The summed E-state index contributed by atoms with van der Waals surface area (Å²) in [5.74, 6) is 1.18. The molecule has 1 rings (SSSR count). The summed E-state index contributed by atoms with van der Waals surface area (Å²) in [6, 6.07) is 0. The molecule has 0 aromatic carbocycles. The Morgan fingerprint density at radius 3 is 2.40 bits per heavy atom. The smallest absolute Gasteiger partial charge is 0.303 e. The predicted octanol–water partition coefficient (Wildman–Crippen LogP) is 2.56. The van der Waals surface area contributed by atoms with Crippen molar-refractivity contribution in [3.63, 3.8) is 0 Å². The average Bonchev–Trinajstić information content (AvgIpc) is 1.99. The second-order valence-electron chi connectivity index (χ2n) is 4.96. The third-order valence-electron chi connectivity index (χ3n) is 3.23. The molecule has 15 heavy (non-hydrogen) atoms. The molecule has 0 aliphatic heterocycles. The summed E-state index contributed by atoms with van der Waals surface area (Å²) in [6.45, 7) is 6.26. The normalized spacial score (nSPS) is 33.3. The van der Waals surface area contributed by atoms with Gasteiger partial charge in [-0.3, -0.25) is 4.52 Å². The minimum atomic E-state index is -4.34. The number of rotatable bonds is 3. The van der Waals surface area contributed by atoms with Crippen LogP contribution >= 0.6 is 7.82 Å². The molecule has 4 nitrogen and oxygen atoms in total. The third kappa shape index (κ3) is 4.23. The maximum Gasteiger partial charge on any atom is 0.469 e. The summed E-state index contributed by atoms with van der Waals surface area (Å²) >= 11 is 0. The lowest BCUT2D eigenvalue weighted by molar-refractivity contribution is 0.0230. The van der Waals surface area contributed by atoms with Gasteiger partial charge in [-0.15, -0.1) is 0 Å². The zero-order valence-electron chi connectivity index (χ0n) is 9.59. The van der Waals surface area contributed by atoms with E-state index in [2.05, 4.69) is 20.8 Å². The van der Waals surface area contributed by atoms with Crippen molar-refractivity contribution in [2.45, 2.75) is 46.1 Å². The second-order valence-corrected chi connectivity index (χ2v) is 6.15. The molecular formula is C10H21O4P. The van der Waals surface area contributed by atoms with Gasteiger partial charge in [-0.1, -0.05) is 27.2 Å². The second kappa shape index (κ2) is 4.96. The molecule has 5 heteroatoms. The summed E-state index contributed by atoms with van der Waals surface area (Å²) in [7, 11) is -4.34. The summed E-state index contributed by atoms with van der Waals surface area (Å²) < 4.78 is 15.7. The number of hydrogen-bond acceptors (Lipinski definition) is 2. The average molecular weight is 236 g/mol. The molecule has 0 unspecified atom stereocenters. The van der Waals surface area contributed by atoms with Crippen LogP contribution in [0.3, 0.4) is 0 Å². The zero-order valence-corrected chi connectivity index (χ0v) is 10.5. The highest BCUT2D eigenvalue weighted by Crippen LogP contribution is 2.45. The van der Waals surface area contributed by atoms with E-state index in [4.69, 9.17) is 14.3 Å². The van der Waals surface area contributed by atoms with E-state index in [9.17, 15) is 4.57 Å². The fourth-order valence-electron chi connectivity index (χ4n) is 2.41. The van der Waals surface area contributed by atoms with E-state index in [1.54, 1.807) is 0 Å². The molecule has 1 aliphatic carbocycles. The maximum absolute atomic E-state index is 10.8. The summed E-state index contributed by atoms with van der Waals surface area (Å²) in [5, 5.41) is 0. The van der Waals surface area contributed by atoms with Crippen molar-refractivity contribution in [2.24, 2.45) is 17.8 Å². The summed E-state index contributed by atoms with van der Waals surface area (Å²) in [6.07, 6.45) is 2.61. The number of phosphoric acid groups is 1. The molecule has 0 saturated heterocycles. The lowest BCUT2D eigenvalue weighted by Crippen LogP contribution is -2.33. The van der Waals surface area contributed by atoms with Crippen molar-refractivity contribution in [2.75, 3.05) is 0 Å². The summed E-state index contributed by atoms with van der Waals surface area (Å²) in [5.41, 5.74) is 0. The van der Waals surface area contributed by atoms with E-state index in [0.29, 0.717) is 11.8 Å². The van der Waals surface area contributed by atoms with Crippen LogP contribution in [0, 0.1) is 17.8 Å². The first-order valence-corrected chi connectivity index (χ1v) is 7.06. The zero-order chi connectivity index (χ0) is 11.6. The maximum atomic E-state index is 10.8. The van der Waals surface area contributed by atoms with Gasteiger partial charge in [0, 0.05) is 0 Å². The van der Waals surface area contributed by atoms with E-state index in [1.807, 2.05) is 0 Å². The SMILES string of the molecule is CC(C)[C@H]1CC[C@@H](C)C[C@@H]1OP(=O)(O)O. The topological polar surface area (TPSA) is 66.8 Å². The first-order chi connectivity index (χ1) is 6.79. The molecule has 0 aromatic rings. The van der Waals surface area contributed by atoms with Gasteiger partial charge in [-0.05, 0) is 30.6 Å². The van der Waals surface area contributed by atoms with Crippen LogP contribution in [0.2, 0.25) is 0 Å². The Labute approximate surface area is 91.3 Å². The standard InChI is InChI=1S/C10H21O4P/c1-7(2)9-5-4-8(3)6-10(9)14-15(11,12)13/h7-10H,4-6H2,1-3H3,(H2,11,12,13)/t8-,9-,10+/m1/s1. The Bertz CT molecular complexity index is 248. The molecule has 1 saturated carbocycles. The van der Waals surface area contributed by atoms with E-state index in [1.165, 1.54) is 0 Å². The Hall–Kier alpha value is 0.110. The monoisotopic (exact) mass is 236 g/mol. The van der Waals surface area contributed by atoms with Crippen LogP contribution in [-0.4, -0.2) is 15.9 Å². The van der Waals surface area contributed by atoms with Crippen molar-refractivity contribution in [1.82, 2.24) is 0 Å². The van der Waals surface area contributed by atoms with Crippen LogP contribution in [0.4, 0.5) is 0 Å². The van der Waals surface area contributed by atoms with Gasteiger partial charge in [0.2, 0.25) is 0 Å². The van der Waals surface area contributed by atoms with Gasteiger partial charge in [-0.2, -0.15) is 0 Å². The van der Waals surface area contributed by atoms with Crippen LogP contribution in [-0.2, 0) is 9.09 Å². The van der Waals surface area contributed by atoms with Crippen LogP contribution in [0.1, 0.15) is 40.0 Å². The van der Waals surface area contributed by atoms with Crippen molar-refractivity contribution < 1.29 is 18.9 Å². The molecule has 0 radical (unpaired) electrons. The fraction of sp³-hybridized carbons (Fsp3) is 1.00. The van der Waals surface area contributed by atoms with Crippen LogP contribution < -0.4 is 0 Å². The van der Waals surface area contributed by atoms with Crippen molar-refractivity contribution in [3.05, 3.63) is 0 Å². The Balaban J connectivity index is 2.66. The quantitative estimate of drug-likeness (QED) is 0.739. The van der Waals surface area contributed by atoms with Crippen molar-refractivity contribution >= 4 is 7.82 Å². The summed E-state index contributed by atoms with van der Waals surface area (Å²) in [4.78, 5) is 17.7. The van der Waals surface area contributed by atoms with Crippen molar-refractivity contribution in [3.8, 4) is 0 Å². The van der Waals surface area contributed by atoms with E-state index >= 15 is 0 Å². The van der Waals surface area contributed by atoms with E-state index in [0.717, 1.165) is 19.3 Å². The van der Waals surface area contributed by atoms with E-state index < -0.39 is 7.82 Å². The number of phosphoric ester groups is 1. The van der Waals surface area contributed by atoms with Crippen LogP contribution in [0.25, 0.3) is 0 Å². The molecule has 2 N–H and O–H groups in total. The van der Waals surface area contributed by atoms with Crippen molar-refractivity contribution in [1.29, 1.82) is 0 Å². The largest absolute Gasteiger partial charge is 0.469 e. The molecule has 0 heterocycles. The van der Waals surface area contributed by atoms with Gasteiger partial charge in [-0.25, -0.2) is 4.57 Å². The minimum Gasteiger partial charge on any atom is -0.303 e. The van der Waals surface area contributed by atoms with Gasteiger partial charge < -0.3 is 9.79 Å². The molecular weight excluding hydrogens is 215 g/mol. The highest BCUT2D eigenvalue weighted by molar-refractivity contribution is 7.46. The van der Waals surface area contributed by atoms with Gasteiger partial charge in [0.05, 0.1) is 6.10 Å². The van der Waals surface area contributed by atoms with E-state index in [-0.39, 0.29) is 12.0 Å². The highest BCUT2D eigenvalue weighted by Gasteiger charge is 2.35. The van der Waals surface area contributed by atoms with Gasteiger partial charge in [0.15, 0.2) is 0 Å². The molecule has 1 aliphatic rings. The molecule has 0 aromatic heterocycles.